The maximum absolute atomic E-state index is 11.8. The quantitative estimate of drug-likeness (QED) is 0.793. The van der Waals surface area contributed by atoms with Crippen molar-refractivity contribution in [3.8, 4) is 11.5 Å². The lowest BCUT2D eigenvalue weighted by molar-refractivity contribution is 0.0555. The molecule has 110 valence electrons. The second-order valence-electron chi connectivity index (χ2n) is 3.43. The fourth-order valence-corrected chi connectivity index (χ4v) is 2.27. The van der Waals surface area contributed by atoms with E-state index >= 15 is 0 Å². The van der Waals surface area contributed by atoms with Crippen molar-refractivity contribution >= 4 is 35.1 Å². The second-order valence-corrected chi connectivity index (χ2v) is 4.18. The van der Waals surface area contributed by atoms with Gasteiger partial charge in [-0.05, 0) is 0 Å². The van der Waals surface area contributed by atoms with Crippen LogP contribution in [0.4, 0.5) is 0 Å². The lowest BCUT2D eigenvalue weighted by Gasteiger charge is -2.17. The SMILES string of the molecule is COC(=O)c1c(Cl)c(OC)c(OC)c(Cl)c1C(=O)OC. The van der Waals surface area contributed by atoms with E-state index in [9.17, 15) is 9.59 Å². The van der Waals surface area contributed by atoms with Crippen molar-refractivity contribution in [1.29, 1.82) is 0 Å². The topological polar surface area (TPSA) is 71.1 Å². The summed E-state index contributed by atoms with van der Waals surface area (Å²) < 4.78 is 19.3. The number of hydrogen-bond donors (Lipinski definition) is 0. The van der Waals surface area contributed by atoms with Crippen molar-refractivity contribution in [3.05, 3.63) is 21.2 Å². The van der Waals surface area contributed by atoms with Gasteiger partial charge in [-0.25, -0.2) is 9.59 Å². The Hall–Kier alpha value is -1.66. The molecule has 20 heavy (non-hydrogen) atoms. The molecule has 0 spiro atoms. The summed E-state index contributed by atoms with van der Waals surface area (Å²) in [6, 6.07) is 0. The van der Waals surface area contributed by atoms with Crippen molar-refractivity contribution < 1.29 is 28.5 Å². The molecule has 0 atom stereocenters. The van der Waals surface area contributed by atoms with E-state index in [1.807, 2.05) is 0 Å². The molecule has 0 saturated heterocycles. The molecule has 8 heteroatoms. The van der Waals surface area contributed by atoms with Gasteiger partial charge in [0.15, 0.2) is 11.5 Å². The zero-order valence-electron chi connectivity index (χ0n) is 11.2. The average Bonchev–Trinajstić information content (AvgIpc) is 2.46. The van der Waals surface area contributed by atoms with Crippen LogP contribution in [0.25, 0.3) is 0 Å². The smallest absolute Gasteiger partial charge is 0.340 e. The van der Waals surface area contributed by atoms with Gasteiger partial charge in [-0.3, -0.25) is 0 Å². The number of rotatable bonds is 4. The maximum atomic E-state index is 11.8. The third-order valence-electron chi connectivity index (χ3n) is 2.48. The number of esters is 2. The van der Waals surface area contributed by atoms with Gasteiger partial charge in [0.25, 0.3) is 0 Å². The summed E-state index contributed by atoms with van der Waals surface area (Å²) in [5, 5.41) is -0.304. The summed E-state index contributed by atoms with van der Waals surface area (Å²) in [4.78, 5) is 23.7. The lowest BCUT2D eigenvalue weighted by Crippen LogP contribution is -2.15. The summed E-state index contributed by atoms with van der Waals surface area (Å²) in [7, 11) is 4.92. The van der Waals surface area contributed by atoms with E-state index in [-0.39, 0.29) is 32.7 Å². The standard InChI is InChI=1S/C12H12Cl2O6/c1-17-9-7(13)5(11(15)19-3)6(12(16)20-4)8(14)10(9)18-2/h1-4H3. The maximum Gasteiger partial charge on any atom is 0.340 e. The molecule has 1 aromatic rings. The minimum Gasteiger partial charge on any atom is -0.491 e. The molecule has 0 bridgehead atoms. The summed E-state index contributed by atoms with van der Waals surface area (Å²) in [6.45, 7) is 0. The molecule has 0 unspecified atom stereocenters. The van der Waals surface area contributed by atoms with E-state index in [1.165, 1.54) is 14.2 Å². The monoisotopic (exact) mass is 322 g/mol. The third kappa shape index (κ3) is 2.62. The molecule has 0 aliphatic heterocycles. The van der Waals surface area contributed by atoms with Crippen molar-refractivity contribution in [2.45, 2.75) is 0 Å². The van der Waals surface area contributed by atoms with Crippen molar-refractivity contribution in [3.63, 3.8) is 0 Å². The molecule has 0 fully saturated rings. The van der Waals surface area contributed by atoms with E-state index < -0.39 is 11.9 Å². The Morgan fingerprint density at radius 2 is 1.05 bits per heavy atom. The zero-order chi connectivity index (χ0) is 15.4. The van der Waals surface area contributed by atoms with Crippen LogP contribution in [-0.2, 0) is 9.47 Å². The lowest BCUT2D eigenvalue weighted by atomic mass is 10.1. The third-order valence-corrected chi connectivity index (χ3v) is 3.20. The Morgan fingerprint density at radius 1 is 0.750 bits per heavy atom. The second kappa shape index (κ2) is 6.67. The van der Waals surface area contributed by atoms with Gasteiger partial charge in [-0.1, -0.05) is 23.2 Å². The highest BCUT2D eigenvalue weighted by Crippen LogP contribution is 2.46. The highest BCUT2D eigenvalue weighted by atomic mass is 35.5. The van der Waals surface area contributed by atoms with E-state index in [2.05, 4.69) is 9.47 Å². The van der Waals surface area contributed by atoms with Crippen LogP contribution >= 0.6 is 23.2 Å². The summed E-state index contributed by atoms with van der Waals surface area (Å²) in [5.41, 5.74) is -0.493. The number of halogens is 2. The van der Waals surface area contributed by atoms with Gasteiger partial charge in [-0.2, -0.15) is 0 Å². The van der Waals surface area contributed by atoms with Crippen molar-refractivity contribution in [1.82, 2.24) is 0 Å². The van der Waals surface area contributed by atoms with Gasteiger partial charge in [0.05, 0.1) is 39.6 Å². The van der Waals surface area contributed by atoms with E-state index in [1.54, 1.807) is 0 Å². The van der Waals surface area contributed by atoms with Crippen LogP contribution < -0.4 is 9.47 Å². The van der Waals surface area contributed by atoms with E-state index in [0.29, 0.717) is 0 Å². The Balaban J connectivity index is 3.83. The fourth-order valence-electron chi connectivity index (χ4n) is 1.60. The van der Waals surface area contributed by atoms with Gasteiger partial charge in [-0.15, -0.1) is 0 Å². The van der Waals surface area contributed by atoms with Crippen LogP contribution in [0.3, 0.4) is 0 Å². The van der Waals surface area contributed by atoms with E-state index in [0.717, 1.165) is 14.2 Å². The minimum absolute atomic E-state index is 0.0206. The molecule has 6 nitrogen and oxygen atoms in total. The van der Waals surface area contributed by atoms with E-state index in [4.69, 9.17) is 32.7 Å². The molecular weight excluding hydrogens is 311 g/mol. The largest absolute Gasteiger partial charge is 0.491 e. The molecule has 0 aromatic heterocycles. The molecule has 0 heterocycles. The van der Waals surface area contributed by atoms with Gasteiger partial charge in [0, 0.05) is 0 Å². The molecule has 0 amide bonds. The number of benzene rings is 1. The number of ether oxygens (including phenoxy) is 4. The van der Waals surface area contributed by atoms with Crippen LogP contribution in [0.15, 0.2) is 0 Å². The molecule has 1 rings (SSSR count). The van der Waals surface area contributed by atoms with Gasteiger partial charge < -0.3 is 18.9 Å². The Bertz CT molecular complexity index is 507. The molecule has 1 aromatic carbocycles. The predicted octanol–water partition coefficient (Wildman–Crippen LogP) is 2.58. The molecule has 0 N–H and O–H groups in total. The van der Waals surface area contributed by atoms with Crippen molar-refractivity contribution in [2.24, 2.45) is 0 Å². The first-order valence-corrected chi connectivity index (χ1v) is 5.99. The van der Waals surface area contributed by atoms with Gasteiger partial charge >= 0.3 is 11.9 Å². The summed E-state index contributed by atoms with van der Waals surface area (Å²) >= 11 is 12.1. The normalized spacial score (nSPS) is 9.90. The minimum atomic E-state index is -0.849. The molecule has 0 aliphatic rings. The molecule has 0 radical (unpaired) electrons. The number of carbonyl (C=O) groups is 2. The first kappa shape index (κ1) is 16.4. The Labute approximate surface area is 125 Å². The van der Waals surface area contributed by atoms with Gasteiger partial charge in [0.1, 0.15) is 10.0 Å². The Kier molecular flexibility index (Phi) is 5.47. The number of carbonyl (C=O) groups excluding carboxylic acids is 2. The fraction of sp³-hybridized carbons (Fsp3) is 0.333. The predicted molar refractivity (Wildman–Crippen MR) is 72.2 cm³/mol. The highest BCUT2D eigenvalue weighted by molar-refractivity contribution is 6.41. The average molecular weight is 323 g/mol. The van der Waals surface area contributed by atoms with Crippen LogP contribution in [-0.4, -0.2) is 40.4 Å². The Morgan fingerprint density at radius 3 is 1.25 bits per heavy atom. The van der Waals surface area contributed by atoms with Crippen LogP contribution in [0, 0.1) is 0 Å². The van der Waals surface area contributed by atoms with Gasteiger partial charge in [0.2, 0.25) is 0 Å². The first-order valence-electron chi connectivity index (χ1n) is 5.24. The molecule has 0 saturated carbocycles. The first-order chi connectivity index (χ1) is 9.44. The molecule has 0 aliphatic carbocycles. The van der Waals surface area contributed by atoms with Crippen LogP contribution in [0.2, 0.25) is 10.0 Å². The highest BCUT2D eigenvalue weighted by Gasteiger charge is 2.32. The number of methoxy groups -OCH3 is 4. The van der Waals surface area contributed by atoms with Crippen LogP contribution in [0.5, 0.6) is 11.5 Å². The van der Waals surface area contributed by atoms with Crippen LogP contribution in [0.1, 0.15) is 20.7 Å². The number of hydrogen-bond acceptors (Lipinski definition) is 6. The van der Waals surface area contributed by atoms with Crippen molar-refractivity contribution in [2.75, 3.05) is 28.4 Å². The summed E-state index contributed by atoms with van der Waals surface area (Å²) in [6.07, 6.45) is 0. The zero-order valence-corrected chi connectivity index (χ0v) is 12.7. The molecular formula is C12H12Cl2O6. The summed E-state index contributed by atoms with van der Waals surface area (Å²) in [5.74, 6) is -1.66.